The number of rotatable bonds is 4. The molecule has 0 aromatic heterocycles. The Balaban J connectivity index is 1.46. The molecule has 3 fully saturated rings. The number of thioether (sulfide) groups is 1. The van der Waals surface area contributed by atoms with Crippen molar-refractivity contribution in [1.82, 2.24) is 10.2 Å². The van der Waals surface area contributed by atoms with Gasteiger partial charge in [0.25, 0.3) is 0 Å². The molecule has 0 aliphatic carbocycles. The van der Waals surface area contributed by atoms with Gasteiger partial charge in [-0.1, -0.05) is 6.92 Å². The average molecular weight is 381 g/mol. The summed E-state index contributed by atoms with van der Waals surface area (Å²) in [6.45, 7) is 5.61. The fourth-order valence-corrected chi connectivity index (χ4v) is 6.63. The van der Waals surface area contributed by atoms with Crippen LogP contribution < -0.4 is 5.32 Å². The Morgan fingerprint density at radius 1 is 1.38 bits per heavy atom. The summed E-state index contributed by atoms with van der Waals surface area (Å²) in [5.74, 6) is 0.651. The van der Waals surface area contributed by atoms with Gasteiger partial charge in [-0.15, -0.1) is 11.8 Å². The third kappa shape index (κ3) is 2.98. The molecule has 0 spiro atoms. The van der Waals surface area contributed by atoms with Crippen molar-refractivity contribution < 1.29 is 18.8 Å². The quantitative estimate of drug-likeness (QED) is 0.451. The van der Waals surface area contributed by atoms with Crippen LogP contribution in [0.15, 0.2) is 10.6 Å². The number of fused-ring (bicyclic) bond motifs is 1. The number of carbonyl (C=O) groups excluding carboxylic acids is 2. The summed E-state index contributed by atoms with van der Waals surface area (Å²) in [4.78, 5) is 27.1. The van der Waals surface area contributed by atoms with Crippen molar-refractivity contribution in [2.75, 3.05) is 40.8 Å². The number of hydrogen-bond donors (Lipinski definition) is 1. The number of methoxy groups -OCH3 is 1. The molecule has 1 amide bonds. The summed E-state index contributed by atoms with van der Waals surface area (Å²) in [7, 11) is 6.03. The van der Waals surface area contributed by atoms with Crippen LogP contribution in [0, 0.1) is 11.8 Å². The van der Waals surface area contributed by atoms with Gasteiger partial charge in [0, 0.05) is 47.4 Å². The standard InChI is InChI=1S/C19H30N3O3S/c1-11-15-8-16(23)21(15)17(19(24)25-4)18(11)26-13-7-14(20-9-13)12-5-6-22(2,3)10-12/h11-15,20H,5-10H2,1-4H3/q+1. The highest BCUT2D eigenvalue weighted by molar-refractivity contribution is 8.03. The number of likely N-dealkylation sites (tertiary alicyclic amines) is 1. The molecule has 0 radical (unpaired) electrons. The van der Waals surface area contributed by atoms with Crippen LogP contribution in [0.25, 0.3) is 0 Å². The zero-order valence-corrected chi connectivity index (χ0v) is 17.0. The minimum Gasteiger partial charge on any atom is -0.464 e. The normalized spacial score (nSPS) is 38.5. The van der Waals surface area contributed by atoms with Gasteiger partial charge < -0.3 is 19.4 Å². The predicted octanol–water partition coefficient (Wildman–Crippen LogP) is 1.18. The molecular weight excluding hydrogens is 350 g/mol. The molecule has 26 heavy (non-hydrogen) atoms. The lowest BCUT2D eigenvalue weighted by Crippen LogP contribution is -2.51. The fourth-order valence-electron chi connectivity index (χ4n) is 5.12. The summed E-state index contributed by atoms with van der Waals surface area (Å²) >= 11 is 1.80. The summed E-state index contributed by atoms with van der Waals surface area (Å²) in [6, 6.07) is 0.724. The van der Waals surface area contributed by atoms with Gasteiger partial charge in [-0.3, -0.25) is 4.79 Å². The van der Waals surface area contributed by atoms with Crippen molar-refractivity contribution in [1.29, 1.82) is 0 Å². The lowest BCUT2D eigenvalue weighted by Gasteiger charge is -2.37. The lowest BCUT2D eigenvalue weighted by molar-refractivity contribution is -0.879. The predicted molar refractivity (Wildman–Crippen MR) is 101 cm³/mol. The highest BCUT2D eigenvalue weighted by Crippen LogP contribution is 2.49. The van der Waals surface area contributed by atoms with Crippen LogP contribution in [0.2, 0.25) is 0 Å². The van der Waals surface area contributed by atoms with Crippen LogP contribution in [0.4, 0.5) is 0 Å². The highest BCUT2D eigenvalue weighted by Gasteiger charge is 2.52. The Morgan fingerprint density at radius 3 is 2.77 bits per heavy atom. The van der Waals surface area contributed by atoms with Crippen molar-refractivity contribution in [3.8, 4) is 0 Å². The van der Waals surface area contributed by atoms with Gasteiger partial charge in [-0.25, -0.2) is 4.79 Å². The molecule has 7 heteroatoms. The van der Waals surface area contributed by atoms with Gasteiger partial charge in [0.15, 0.2) is 0 Å². The molecule has 1 N–H and O–H groups in total. The number of quaternary nitrogens is 1. The van der Waals surface area contributed by atoms with Crippen molar-refractivity contribution in [3.05, 3.63) is 10.6 Å². The lowest BCUT2D eigenvalue weighted by atomic mass is 9.94. The summed E-state index contributed by atoms with van der Waals surface area (Å²) in [6.07, 6.45) is 2.98. The van der Waals surface area contributed by atoms with Crippen molar-refractivity contribution in [3.63, 3.8) is 0 Å². The monoisotopic (exact) mass is 380 g/mol. The van der Waals surface area contributed by atoms with E-state index in [0.29, 0.717) is 23.4 Å². The molecule has 0 aromatic carbocycles. The van der Waals surface area contributed by atoms with Crippen molar-refractivity contribution in [2.24, 2.45) is 11.8 Å². The molecule has 5 atom stereocenters. The summed E-state index contributed by atoms with van der Waals surface area (Å²) < 4.78 is 6.10. The van der Waals surface area contributed by atoms with E-state index in [4.69, 9.17) is 4.74 Å². The van der Waals surface area contributed by atoms with Gasteiger partial charge in [0.05, 0.1) is 40.3 Å². The number of nitrogens with zero attached hydrogens (tertiary/aromatic N) is 2. The molecule has 3 saturated heterocycles. The Morgan fingerprint density at radius 2 is 2.15 bits per heavy atom. The molecule has 5 unspecified atom stereocenters. The molecule has 6 nitrogen and oxygen atoms in total. The number of amides is 1. The second-order valence-electron chi connectivity index (χ2n) is 8.91. The third-order valence-electron chi connectivity index (χ3n) is 6.65. The minimum atomic E-state index is -0.368. The number of ether oxygens (including phenoxy) is 1. The highest BCUT2D eigenvalue weighted by atomic mass is 32.2. The Labute approximate surface area is 159 Å². The van der Waals surface area contributed by atoms with Crippen molar-refractivity contribution in [2.45, 2.75) is 43.5 Å². The molecule has 0 aromatic rings. The summed E-state index contributed by atoms with van der Waals surface area (Å²) in [5.41, 5.74) is 0.508. The minimum absolute atomic E-state index is 0.0474. The Bertz CT molecular complexity index is 662. The maximum Gasteiger partial charge on any atom is 0.355 e. The molecule has 4 aliphatic rings. The van der Waals surface area contributed by atoms with E-state index in [-0.39, 0.29) is 23.8 Å². The largest absolute Gasteiger partial charge is 0.464 e. The first-order valence-electron chi connectivity index (χ1n) is 9.67. The fraction of sp³-hybridized carbons (Fsp3) is 0.789. The van der Waals surface area contributed by atoms with Gasteiger partial charge >= 0.3 is 5.97 Å². The van der Waals surface area contributed by atoms with Gasteiger partial charge in [-0.2, -0.15) is 0 Å². The van der Waals surface area contributed by atoms with E-state index >= 15 is 0 Å². The van der Waals surface area contributed by atoms with Crippen molar-refractivity contribution >= 4 is 23.6 Å². The first-order chi connectivity index (χ1) is 12.3. The van der Waals surface area contributed by atoms with E-state index in [1.165, 1.54) is 26.6 Å². The van der Waals surface area contributed by atoms with Crippen LogP contribution in [-0.2, 0) is 14.3 Å². The molecular formula is C19H30N3O3S+. The van der Waals surface area contributed by atoms with Crippen LogP contribution in [0.3, 0.4) is 0 Å². The number of carbonyl (C=O) groups is 2. The number of hydrogen-bond acceptors (Lipinski definition) is 5. The maximum absolute atomic E-state index is 12.3. The second-order valence-corrected chi connectivity index (χ2v) is 10.3. The van der Waals surface area contributed by atoms with Gasteiger partial charge in [-0.05, 0) is 6.42 Å². The zero-order valence-electron chi connectivity index (χ0n) is 16.2. The van der Waals surface area contributed by atoms with E-state index < -0.39 is 0 Å². The molecule has 4 aliphatic heterocycles. The number of esters is 1. The Hall–Kier alpha value is -1.05. The first kappa shape index (κ1) is 18.3. The van der Waals surface area contributed by atoms with E-state index in [0.717, 1.165) is 28.3 Å². The van der Waals surface area contributed by atoms with E-state index in [1.807, 2.05) is 0 Å². The first-order valence-corrected chi connectivity index (χ1v) is 10.6. The molecule has 4 rings (SSSR count). The number of nitrogens with one attached hydrogen (secondary N) is 1. The molecule has 4 heterocycles. The third-order valence-corrected chi connectivity index (χ3v) is 8.16. The summed E-state index contributed by atoms with van der Waals surface area (Å²) in [5, 5.41) is 4.19. The molecule has 0 bridgehead atoms. The van der Waals surface area contributed by atoms with E-state index in [2.05, 4.69) is 26.3 Å². The van der Waals surface area contributed by atoms with Crippen LogP contribution in [0.5, 0.6) is 0 Å². The zero-order chi connectivity index (χ0) is 18.6. The average Bonchev–Trinajstić information content (AvgIpc) is 3.24. The Kier molecular flexibility index (Phi) is 4.60. The van der Waals surface area contributed by atoms with E-state index in [9.17, 15) is 9.59 Å². The van der Waals surface area contributed by atoms with Gasteiger partial charge in [0.1, 0.15) is 5.70 Å². The topological polar surface area (TPSA) is 58.6 Å². The van der Waals surface area contributed by atoms with Crippen LogP contribution in [-0.4, -0.2) is 79.4 Å². The van der Waals surface area contributed by atoms with Gasteiger partial charge in [0.2, 0.25) is 5.91 Å². The number of β-lactam (4-membered cyclic amide) rings is 1. The molecule has 144 valence electrons. The van der Waals surface area contributed by atoms with E-state index in [1.54, 1.807) is 16.7 Å². The SMILES string of the molecule is COC(=O)C1=C(SC2CNC(C3CC[N+](C)(C)C3)C2)C(C)C2CC(=O)N12. The second kappa shape index (κ2) is 6.53. The van der Waals surface area contributed by atoms with Crippen LogP contribution >= 0.6 is 11.8 Å². The molecule has 0 saturated carbocycles. The smallest absolute Gasteiger partial charge is 0.355 e. The van der Waals surface area contributed by atoms with Crippen LogP contribution in [0.1, 0.15) is 26.2 Å². The maximum atomic E-state index is 12.3.